The van der Waals surface area contributed by atoms with E-state index in [0.717, 1.165) is 0 Å². The summed E-state index contributed by atoms with van der Waals surface area (Å²) in [6.07, 6.45) is 0. The van der Waals surface area contributed by atoms with Crippen molar-refractivity contribution < 1.29 is 21.6 Å². The van der Waals surface area contributed by atoms with Crippen LogP contribution in [0.5, 0.6) is 0 Å². The third-order valence-corrected chi connectivity index (χ3v) is 6.35. The highest BCUT2D eigenvalue weighted by atomic mass is 32.2. The molecular formula is C11H16N2O5S2. The Morgan fingerprint density at radius 1 is 1.00 bits per heavy atom. The lowest BCUT2D eigenvalue weighted by atomic mass is 10.4. The standard InChI is InChI=1S/C11H16N2O5S2/c1-12-19(14,15)10-2-4-11(5-3-10)20(16,17)13-6-8-18-9-7-13/h2-5,12H,6-9H2,1H3. The van der Waals surface area contributed by atoms with Crippen molar-refractivity contribution in [3.63, 3.8) is 0 Å². The van der Waals surface area contributed by atoms with Gasteiger partial charge in [0, 0.05) is 13.1 Å². The Balaban J connectivity index is 2.30. The fraction of sp³-hybridized carbons (Fsp3) is 0.455. The van der Waals surface area contributed by atoms with Crippen LogP contribution >= 0.6 is 0 Å². The maximum Gasteiger partial charge on any atom is 0.243 e. The van der Waals surface area contributed by atoms with Crippen LogP contribution in [0.25, 0.3) is 0 Å². The molecule has 0 aromatic heterocycles. The molecule has 0 aliphatic carbocycles. The molecule has 1 aliphatic rings. The quantitative estimate of drug-likeness (QED) is 0.816. The van der Waals surface area contributed by atoms with E-state index in [-0.39, 0.29) is 9.79 Å². The summed E-state index contributed by atoms with van der Waals surface area (Å²) < 4.78 is 56.4. The molecule has 0 bridgehead atoms. The van der Waals surface area contributed by atoms with Crippen molar-refractivity contribution in [2.45, 2.75) is 9.79 Å². The van der Waals surface area contributed by atoms with Gasteiger partial charge in [0.25, 0.3) is 0 Å². The molecule has 1 N–H and O–H groups in total. The maximum absolute atomic E-state index is 12.3. The molecule has 0 amide bonds. The molecule has 7 nitrogen and oxygen atoms in total. The lowest BCUT2D eigenvalue weighted by Gasteiger charge is -2.26. The summed E-state index contributed by atoms with van der Waals surface area (Å²) in [7, 11) is -5.86. The van der Waals surface area contributed by atoms with Gasteiger partial charge in [0.05, 0.1) is 23.0 Å². The van der Waals surface area contributed by atoms with E-state index in [9.17, 15) is 16.8 Å². The first-order chi connectivity index (χ1) is 9.38. The number of rotatable bonds is 4. The Bertz CT molecular complexity index is 661. The van der Waals surface area contributed by atoms with Crippen molar-refractivity contribution in [3.05, 3.63) is 24.3 Å². The summed E-state index contributed by atoms with van der Waals surface area (Å²) in [6.45, 7) is 1.34. The summed E-state index contributed by atoms with van der Waals surface area (Å²) in [5.41, 5.74) is 0. The van der Waals surface area contributed by atoms with Crippen LogP contribution in [0.3, 0.4) is 0 Å². The number of sulfonamides is 2. The first kappa shape index (κ1) is 15.4. The lowest BCUT2D eigenvalue weighted by Crippen LogP contribution is -2.40. The van der Waals surface area contributed by atoms with Crippen LogP contribution < -0.4 is 4.72 Å². The summed E-state index contributed by atoms with van der Waals surface area (Å²) in [5.74, 6) is 0. The minimum absolute atomic E-state index is 0.0286. The zero-order valence-electron chi connectivity index (χ0n) is 10.9. The zero-order chi connectivity index (χ0) is 14.8. The molecule has 0 saturated carbocycles. The van der Waals surface area contributed by atoms with Gasteiger partial charge in [-0.1, -0.05) is 0 Å². The van der Waals surface area contributed by atoms with Crippen LogP contribution in [0.1, 0.15) is 0 Å². The molecule has 0 unspecified atom stereocenters. The Morgan fingerprint density at radius 3 is 2.00 bits per heavy atom. The van der Waals surface area contributed by atoms with Crippen LogP contribution in [0, 0.1) is 0 Å². The minimum atomic E-state index is -3.59. The molecule has 0 spiro atoms. The number of morpholine rings is 1. The van der Waals surface area contributed by atoms with Gasteiger partial charge in [-0.2, -0.15) is 4.31 Å². The molecule has 0 radical (unpaired) electrons. The molecule has 2 rings (SSSR count). The Labute approximate surface area is 118 Å². The fourth-order valence-electron chi connectivity index (χ4n) is 1.84. The molecule has 20 heavy (non-hydrogen) atoms. The maximum atomic E-state index is 12.3. The molecule has 1 saturated heterocycles. The minimum Gasteiger partial charge on any atom is -0.379 e. The number of ether oxygens (including phenoxy) is 1. The predicted octanol–water partition coefficient (Wildman–Crippen LogP) is -0.384. The Kier molecular flexibility index (Phi) is 4.45. The monoisotopic (exact) mass is 320 g/mol. The van der Waals surface area contributed by atoms with E-state index < -0.39 is 20.0 Å². The number of nitrogens with one attached hydrogen (secondary N) is 1. The average molecular weight is 320 g/mol. The molecule has 112 valence electrons. The summed E-state index contributed by atoms with van der Waals surface area (Å²) in [4.78, 5) is 0.107. The first-order valence-electron chi connectivity index (χ1n) is 5.99. The van der Waals surface area contributed by atoms with Gasteiger partial charge in [-0.05, 0) is 31.3 Å². The zero-order valence-corrected chi connectivity index (χ0v) is 12.6. The van der Waals surface area contributed by atoms with E-state index in [0.29, 0.717) is 26.3 Å². The highest BCUT2D eigenvalue weighted by Crippen LogP contribution is 2.19. The molecule has 1 aliphatic heterocycles. The third kappa shape index (κ3) is 3.01. The van der Waals surface area contributed by atoms with Crippen LogP contribution in [-0.2, 0) is 24.8 Å². The molecule has 1 aromatic carbocycles. The van der Waals surface area contributed by atoms with Gasteiger partial charge >= 0.3 is 0 Å². The second kappa shape index (κ2) is 5.78. The summed E-state index contributed by atoms with van der Waals surface area (Å²) >= 11 is 0. The number of hydrogen-bond acceptors (Lipinski definition) is 5. The van der Waals surface area contributed by atoms with Crippen molar-refractivity contribution in [2.75, 3.05) is 33.4 Å². The summed E-state index contributed by atoms with van der Waals surface area (Å²) in [6, 6.07) is 5.16. The lowest BCUT2D eigenvalue weighted by molar-refractivity contribution is 0.0730. The highest BCUT2D eigenvalue weighted by molar-refractivity contribution is 7.89. The van der Waals surface area contributed by atoms with Gasteiger partial charge in [-0.15, -0.1) is 0 Å². The van der Waals surface area contributed by atoms with E-state index in [1.807, 2.05) is 0 Å². The van der Waals surface area contributed by atoms with E-state index in [1.165, 1.54) is 35.6 Å². The number of hydrogen-bond donors (Lipinski definition) is 1. The van der Waals surface area contributed by atoms with E-state index >= 15 is 0 Å². The van der Waals surface area contributed by atoms with Crippen LogP contribution in [0.15, 0.2) is 34.1 Å². The van der Waals surface area contributed by atoms with Crippen molar-refractivity contribution in [1.82, 2.24) is 9.03 Å². The Morgan fingerprint density at radius 2 is 1.50 bits per heavy atom. The van der Waals surface area contributed by atoms with Crippen LogP contribution in [-0.4, -0.2) is 54.5 Å². The van der Waals surface area contributed by atoms with Crippen molar-refractivity contribution >= 4 is 20.0 Å². The average Bonchev–Trinajstić information content (AvgIpc) is 2.48. The largest absolute Gasteiger partial charge is 0.379 e. The molecule has 1 fully saturated rings. The highest BCUT2D eigenvalue weighted by Gasteiger charge is 2.26. The SMILES string of the molecule is CNS(=O)(=O)c1ccc(S(=O)(=O)N2CCOCC2)cc1. The van der Waals surface area contributed by atoms with Crippen LogP contribution in [0.2, 0.25) is 0 Å². The van der Waals surface area contributed by atoms with Crippen LogP contribution in [0.4, 0.5) is 0 Å². The fourth-order valence-corrected chi connectivity index (χ4v) is 3.98. The summed E-state index contributed by atoms with van der Waals surface area (Å²) in [5, 5.41) is 0. The Hall–Kier alpha value is -1.00. The molecule has 0 atom stereocenters. The number of nitrogens with zero attached hydrogens (tertiary/aromatic N) is 1. The van der Waals surface area contributed by atoms with Gasteiger partial charge < -0.3 is 4.74 Å². The first-order valence-corrected chi connectivity index (χ1v) is 8.92. The van der Waals surface area contributed by atoms with Crippen molar-refractivity contribution in [3.8, 4) is 0 Å². The molecule has 1 aromatic rings. The van der Waals surface area contributed by atoms with Crippen molar-refractivity contribution in [1.29, 1.82) is 0 Å². The topological polar surface area (TPSA) is 92.8 Å². The second-order valence-electron chi connectivity index (χ2n) is 4.20. The van der Waals surface area contributed by atoms with Gasteiger partial charge in [0.2, 0.25) is 20.0 Å². The normalized spacial score (nSPS) is 18.1. The van der Waals surface area contributed by atoms with Crippen molar-refractivity contribution in [2.24, 2.45) is 0 Å². The second-order valence-corrected chi connectivity index (χ2v) is 8.02. The smallest absolute Gasteiger partial charge is 0.243 e. The predicted molar refractivity (Wildman–Crippen MR) is 72.3 cm³/mol. The number of benzene rings is 1. The van der Waals surface area contributed by atoms with E-state index in [4.69, 9.17) is 4.74 Å². The van der Waals surface area contributed by atoms with E-state index in [1.54, 1.807) is 0 Å². The van der Waals surface area contributed by atoms with Gasteiger partial charge in [-0.3, -0.25) is 0 Å². The molecule has 1 heterocycles. The molecule has 9 heteroatoms. The molecular weight excluding hydrogens is 304 g/mol. The third-order valence-electron chi connectivity index (χ3n) is 3.01. The van der Waals surface area contributed by atoms with Gasteiger partial charge in [0.15, 0.2) is 0 Å². The van der Waals surface area contributed by atoms with Gasteiger partial charge in [-0.25, -0.2) is 21.6 Å². The van der Waals surface area contributed by atoms with Gasteiger partial charge in [0.1, 0.15) is 0 Å². The van der Waals surface area contributed by atoms with E-state index in [2.05, 4.69) is 4.72 Å².